The predicted molar refractivity (Wildman–Crippen MR) is 61.7 cm³/mol. The molecule has 0 unspecified atom stereocenters. The van der Waals surface area contributed by atoms with Crippen LogP contribution < -0.4 is 0 Å². The molecule has 3 heteroatoms. The van der Waals surface area contributed by atoms with E-state index in [4.69, 9.17) is 0 Å². The van der Waals surface area contributed by atoms with Crippen molar-refractivity contribution in [2.45, 2.75) is 31.9 Å². The Morgan fingerprint density at radius 2 is 2.00 bits per heavy atom. The first-order chi connectivity index (χ1) is 7.77. The SMILES string of the molecule is O=C1CCCCN1[C@H](O)Cc1ccccc1. The summed E-state index contributed by atoms with van der Waals surface area (Å²) in [7, 11) is 0. The lowest BCUT2D eigenvalue weighted by atomic mass is 10.1. The average Bonchev–Trinajstić information content (AvgIpc) is 2.31. The second-order valence-electron chi connectivity index (χ2n) is 4.21. The van der Waals surface area contributed by atoms with Crippen molar-refractivity contribution in [3.8, 4) is 0 Å². The van der Waals surface area contributed by atoms with Crippen LogP contribution in [-0.2, 0) is 11.2 Å². The summed E-state index contributed by atoms with van der Waals surface area (Å²) in [5, 5.41) is 10.0. The third-order valence-corrected chi connectivity index (χ3v) is 2.98. The monoisotopic (exact) mass is 219 g/mol. The van der Waals surface area contributed by atoms with E-state index in [2.05, 4.69) is 0 Å². The molecular weight excluding hydrogens is 202 g/mol. The van der Waals surface area contributed by atoms with Crippen molar-refractivity contribution in [3.05, 3.63) is 35.9 Å². The summed E-state index contributed by atoms with van der Waals surface area (Å²) in [6.07, 6.45) is 2.37. The van der Waals surface area contributed by atoms with Gasteiger partial charge in [-0.25, -0.2) is 0 Å². The van der Waals surface area contributed by atoms with E-state index in [9.17, 15) is 9.90 Å². The summed E-state index contributed by atoms with van der Waals surface area (Å²) in [4.78, 5) is 13.2. The minimum atomic E-state index is -0.671. The minimum Gasteiger partial charge on any atom is -0.373 e. The van der Waals surface area contributed by atoms with Crippen LogP contribution in [0.5, 0.6) is 0 Å². The van der Waals surface area contributed by atoms with E-state index in [0.29, 0.717) is 19.4 Å². The van der Waals surface area contributed by atoms with Crippen molar-refractivity contribution in [2.75, 3.05) is 6.54 Å². The summed E-state index contributed by atoms with van der Waals surface area (Å²) < 4.78 is 0. The van der Waals surface area contributed by atoms with Crippen LogP contribution in [-0.4, -0.2) is 28.7 Å². The maximum Gasteiger partial charge on any atom is 0.224 e. The molecule has 1 heterocycles. The van der Waals surface area contributed by atoms with Crippen molar-refractivity contribution in [1.29, 1.82) is 0 Å². The standard InChI is InChI=1S/C13H17NO2/c15-12-8-4-5-9-14(12)13(16)10-11-6-2-1-3-7-11/h1-3,6-7,13,16H,4-5,8-10H2/t13-/m1/s1. The smallest absolute Gasteiger partial charge is 0.224 e. The van der Waals surface area contributed by atoms with E-state index in [1.807, 2.05) is 30.3 Å². The lowest BCUT2D eigenvalue weighted by Crippen LogP contribution is -2.44. The van der Waals surface area contributed by atoms with Gasteiger partial charge in [-0.15, -0.1) is 0 Å². The van der Waals surface area contributed by atoms with Crippen LogP contribution in [0.1, 0.15) is 24.8 Å². The topological polar surface area (TPSA) is 40.5 Å². The second-order valence-corrected chi connectivity index (χ2v) is 4.21. The van der Waals surface area contributed by atoms with Gasteiger partial charge in [0, 0.05) is 19.4 Å². The van der Waals surface area contributed by atoms with E-state index in [0.717, 1.165) is 18.4 Å². The highest BCUT2D eigenvalue weighted by Gasteiger charge is 2.24. The normalized spacial score (nSPS) is 18.6. The van der Waals surface area contributed by atoms with Gasteiger partial charge in [-0.1, -0.05) is 30.3 Å². The number of aliphatic hydroxyl groups excluding tert-OH is 1. The molecule has 0 spiro atoms. The predicted octanol–water partition coefficient (Wildman–Crippen LogP) is 1.56. The molecule has 2 rings (SSSR count). The number of carbonyl (C=O) groups is 1. The van der Waals surface area contributed by atoms with Gasteiger partial charge < -0.3 is 10.0 Å². The second kappa shape index (κ2) is 5.12. The largest absolute Gasteiger partial charge is 0.373 e. The maximum absolute atomic E-state index is 11.6. The Bertz CT molecular complexity index is 350. The van der Waals surface area contributed by atoms with E-state index >= 15 is 0 Å². The van der Waals surface area contributed by atoms with Crippen molar-refractivity contribution >= 4 is 5.91 Å². The number of piperidine rings is 1. The van der Waals surface area contributed by atoms with Crippen molar-refractivity contribution < 1.29 is 9.90 Å². The molecule has 1 N–H and O–H groups in total. The number of amides is 1. The van der Waals surface area contributed by atoms with Crippen LogP contribution in [0.3, 0.4) is 0 Å². The van der Waals surface area contributed by atoms with Crippen LogP contribution in [0.15, 0.2) is 30.3 Å². The zero-order valence-electron chi connectivity index (χ0n) is 9.30. The number of likely N-dealkylation sites (tertiary alicyclic amines) is 1. The maximum atomic E-state index is 11.6. The van der Waals surface area contributed by atoms with Crippen molar-refractivity contribution in [1.82, 2.24) is 4.90 Å². The molecule has 0 aromatic heterocycles. The van der Waals surface area contributed by atoms with Crippen LogP contribution >= 0.6 is 0 Å². The number of nitrogens with zero attached hydrogens (tertiary/aromatic N) is 1. The quantitative estimate of drug-likeness (QED) is 0.838. The van der Waals surface area contributed by atoms with E-state index in [-0.39, 0.29) is 5.91 Å². The molecular formula is C13H17NO2. The first kappa shape index (κ1) is 11.1. The molecule has 0 saturated carbocycles. The summed E-state index contributed by atoms with van der Waals surface area (Å²) in [5.41, 5.74) is 1.06. The molecule has 3 nitrogen and oxygen atoms in total. The first-order valence-corrected chi connectivity index (χ1v) is 5.79. The highest BCUT2D eigenvalue weighted by atomic mass is 16.3. The van der Waals surface area contributed by atoms with Gasteiger partial charge in [0.1, 0.15) is 6.23 Å². The van der Waals surface area contributed by atoms with Crippen LogP contribution in [0.2, 0.25) is 0 Å². The van der Waals surface area contributed by atoms with Crippen LogP contribution in [0.4, 0.5) is 0 Å². The number of aliphatic hydroxyl groups is 1. The third-order valence-electron chi connectivity index (χ3n) is 2.98. The molecule has 1 amide bonds. The Balaban J connectivity index is 1.97. The molecule has 0 radical (unpaired) electrons. The van der Waals surface area contributed by atoms with Gasteiger partial charge in [0.05, 0.1) is 0 Å². The minimum absolute atomic E-state index is 0.0784. The number of benzene rings is 1. The van der Waals surface area contributed by atoms with Gasteiger partial charge in [-0.3, -0.25) is 4.79 Å². The summed E-state index contributed by atoms with van der Waals surface area (Å²) in [5.74, 6) is 0.0784. The number of hydrogen-bond acceptors (Lipinski definition) is 2. The van der Waals surface area contributed by atoms with E-state index in [1.54, 1.807) is 4.90 Å². The Morgan fingerprint density at radius 3 is 2.69 bits per heavy atom. The first-order valence-electron chi connectivity index (χ1n) is 5.79. The van der Waals surface area contributed by atoms with Crippen molar-refractivity contribution in [3.63, 3.8) is 0 Å². The van der Waals surface area contributed by atoms with Gasteiger partial charge in [-0.2, -0.15) is 0 Å². The van der Waals surface area contributed by atoms with E-state index in [1.165, 1.54) is 0 Å². The molecule has 1 fully saturated rings. The molecule has 1 aromatic rings. The number of carbonyl (C=O) groups excluding carboxylic acids is 1. The lowest BCUT2D eigenvalue weighted by molar-refractivity contribution is -0.143. The van der Waals surface area contributed by atoms with E-state index < -0.39 is 6.23 Å². The third kappa shape index (κ3) is 2.61. The van der Waals surface area contributed by atoms with Gasteiger partial charge >= 0.3 is 0 Å². The number of hydrogen-bond donors (Lipinski definition) is 1. The van der Waals surface area contributed by atoms with Gasteiger partial charge in [0.25, 0.3) is 0 Å². The summed E-state index contributed by atoms with van der Waals surface area (Å²) in [6, 6.07) is 9.78. The fraction of sp³-hybridized carbons (Fsp3) is 0.462. The highest BCUT2D eigenvalue weighted by Crippen LogP contribution is 2.15. The fourth-order valence-corrected chi connectivity index (χ4v) is 2.08. The average molecular weight is 219 g/mol. The summed E-state index contributed by atoms with van der Waals surface area (Å²) in [6.45, 7) is 0.687. The zero-order valence-corrected chi connectivity index (χ0v) is 9.30. The molecule has 16 heavy (non-hydrogen) atoms. The van der Waals surface area contributed by atoms with Crippen LogP contribution in [0.25, 0.3) is 0 Å². The Morgan fingerprint density at radius 1 is 1.25 bits per heavy atom. The highest BCUT2D eigenvalue weighted by molar-refractivity contribution is 5.77. The van der Waals surface area contributed by atoms with Crippen LogP contribution in [0, 0.1) is 0 Å². The molecule has 1 saturated heterocycles. The molecule has 86 valence electrons. The van der Waals surface area contributed by atoms with Crippen molar-refractivity contribution in [2.24, 2.45) is 0 Å². The Kier molecular flexibility index (Phi) is 3.57. The molecule has 1 atom stereocenters. The Labute approximate surface area is 95.7 Å². The Hall–Kier alpha value is -1.35. The lowest BCUT2D eigenvalue weighted by Gasteiger charge is -2.31. The zero-order chi connectivity index (χ0) is 11.4. The summed E-state index contributed by atoms with van der Waals surface area (Å²) >= 11 is 0. The number of rotatable bonds is 3. The fourth-order valence-electron chi connectivity index (χ4n) is 2.08. The molecule has 1 aliphatic rings. The van der Waals surface area contributed by atoms with Gasteiger partial charge in [0.2, 0.25) is 5.91 Å². The molecule has 0 aliphatic carbocycles. The molecule has 1 aliphatic heterocycles. The van der Waals surface area contributed by atoms with Gasteiger partial charge in [-0.05, 0) is 18.4 Å². The molecule has 1 aromatic carbocycles. The molecule has 0 bridgehead atoms. The van der Waals surface area contributed by atoms with Gasteiger partial charge in [0.15, 0.2) is 0 Å².